The van der Waals surface area contributed by atoms with Gasteiger partial charge in [-0.05, 0) is 10.4 Å². The van der Waals surface area contributed by atoms with Crippen molar-refractivity contribution in [2.45, 2.75) is 0 Å². The standard InChI is InChI=1S/C3H5N4S/c1-7-3(2-8)4-5-6-7/h2,8H,1H3. The lowest BCUT2D eigenvalue weighted by molar-refractivity contribution is 0.702. The van der Waals surface area contributed by atoms with Crippen LogP contribution < -0.4 is 0 Å². The van der Waals surface area contributed by atoms with Crippen molar-refractivity contribution in [2.24, 2.45) is 7.05 Å². The summed E-state index contributed by atoms with van der Waals surface area (Å²) >= 11 is 3.86. The van der Waals surface area contributed by atoms with Crippen molar-refractivity contribution in [3.05, 3.63) is 11.6 Å². The van der Waals surface area contributed by atoms with Gasteiger partial charge in [0.05, 0.1) is 5.75 Å². The Morgan fingerprint density at radius 2 is 2.50 bits per heavy atom. The van der Waals surface area contributed by atoms with Crippen LogP contribution in [0, 0.1) is 5.75 Å². The molecule has 0 spiro atoms. The second kappa shape index (κ2) is 2.13. The summed E-state index contributed by atoms with van der Waals surface area (Å²) in [5.41, 5.74) is 0. The minimum Gasteiger partial charge on any atom is -0.232 e. The Morgan fingerprint density at radius 3 is 2.75 bits per heavy atom. The van der Waals surface area contributed by atoms with E-state index < -0.39 is 0 Å². The molecule has 0 aliphatic heterocycles. The van der Waals surface area contributed by atoms with Crippen molar-refractivity contribution in [3.63, 3.8) is 0 Å². The molecule has 0 N–H and O–H groups in total. The first-order chi connectivity index (χ1) is 3.84. The topological polar surface area (TPSA) is 43.6 Å². The molecule has 1 aromatic rings. The highest BCUT2D eigenvalue weighted by Crippen LogP contribution is 1.94. The van der Waals surface area contributed by atoms with E-state index in [0.717, 1.165) is 0 Å². The first-order valence-electron chi connectivity index (χ1n) is 2.04. The maximum Gasteiger partial charge on any atom is 0.165 e. The fourth-order valence-corrected chi connectivity index (χ4v) is 0.564. The molecule has 0 aliphatic rings. The van der Waals surface area contributed by atoms with Gasteiger partial charge in [-0.3, -0.25) is 0 Å². The summed E-state index contributed by atoms with van der Waals surface area (Å²) in [6.07, 6.45) is 0. The first-order valence-corrected chi connectivity index (χ1v) is 2.56. The Hall–Kier alpha value is -0.580. The number of hydrogen-bond donors (Lipinski definition) is 1. The number of rotatable bonds is 1. The Kier molecular flexibility index (Phi) is 1.48. The number of tetrazole rings is 1. The number of thiol groups is 1. The smallest absolute Gasteiger partial charge is 0.165 e. The highest BCUT2D eigenvalue weighted by molar-refractivity contribution is 7.82. The van der Waals surface area contributed by atoms with Gasteiger partial charge in [0.1, 0.15) is 0 Å². The van der Waals surface area contributed by atoms with E-state index >= 15 is 0 Å². The van der Waals surface area contributed by atoms with Crippen molar-refractivity contribution < 1.29 is 0 Å². The fourth-order valence-electron chi connectivity index (χ4n) is 0.346. The van der Waals surface area contributed by atoms with Gasteiger partial charge in [0.25, 0.3) is 0 Å². The van der Waals surface area contributed by atoms with Gasteiger partial charge in [-0.15, -0.1) is 5.10 Å². The maximum absolute atomic E-state index is 3.86. The van der Waals surface area contributed by atoms with Crippen LogP contribution in [0.2, 0.25) is 0 Å². The van der Waals surface area contributed by atoms with Gasteiger partial charge in [-0.25, -0.2) is 4.68 Å². The Morgan fingerprint density at radius 1 is 1.75 bits per heavy atom. The molecular weight excluding hydrogens is 124 g/mol. The fraction of sp³-hybridized carbons (Fsp3) is 0.333. The molecule has 0 saturated carbocycles. The molecule has 1 aromatic heterocycles. The molecule has 0 bridgehead atoms. The van der Waals surface area contributed by atoms with Gasteiger partial charge in [0, 0.05) is 7.05 Å². The summed E-state index contributed by atoms with van der Waals surface area (Å²) < 4.78 is 1.53. The highest BCUT2D eigenvalue weighted by Gasteiger charge is 1.95. The molecule has 1 heterocycles. The second-order valence-electron chi connectivity index (χ2n) is 1.29. The van der Waals surface area contributed by atoms with E-state index in [1.54, 1.807) is 12.8 Å². The molecule has 0 atom stereocenters. The molecule has 1 rings (SSSR count). The van der Waals surface area contributed by atoms with E-state index in [-0.39, 0.29) is 0 Å². The van der Waals surface area contributed by atoms with Crippen molar-refractivity contribution >= 4 is 12.6 Å². The summed E-state index contributed by atoms with van der Waals surface area (Å²) in [5.74, 6) is 2.20. The van der Waals surface area contributed by atoms with Gasteiger partial charge in [0.15, 0.2) is 5.82 Å². The monoisotopic (exact) mass is 129 g/mol. The molecule has 0 saturated heterocycles. The molecule has 0 aliphatic carbocycles. The summed E-state index contributed by atoms with van der Waals surface area (Å²) in [4.78, 5) is 0. The van der Waals surface area contributed by atoms with E-state index in [1.165, 1.54) is 4.68 Å². The van der Waals surface area contributed by atoms with E-state index in [9.17, 15) is 0 Å². The average molecular weight is 129 g/mol. The molecule has 0 unspecified atom stereocenters. The number of aryl methyl sites for hydroxylation is 1. The van der Waals surface area contributed by atoms with Crippen LogP contribution in [0.4, 0.5) is 0 Å². The van der Waals surface area contributed by atoms with Crippen LogP contribution in [0.3, 0.4) is 0 Å². The number of aromatic nitrogens is 4. The van der Waals surface area contributed by atoms with Gasteiger partial charge in [-0.1, -0.05) is 0 Å². The summed E-state index contributed by atoms with van der Waals surface area (Å²) in [7, 11) is 1.75. The summed E-state index contributed by atoms with van der Waals surface area (Å²) in [5, 5.41) is 10.5. The predicted octanol–water partition coefficient (Wildman–Crippen LogP) is -0.350. The molecule has 0 aromatic carbocycles. The minimum absolute atomic E-state index is 0.660. The van der Waals surface area contributed by atoms with Gasteiger partial charge < -0.3 is 0 Å². The zero-order valence-electron chi connectivity index (χ0n) is 4.31. The van der Waals surface area contributed by atoms with E-state index in [0.29, 0.717) is 5.82 Å². The molecule has 5 heteroatoms. The van der Waals surface area contributed by atoms with Crippen LogP contribution in [0.1, 0.15) is 5.82 Å². The maximum atomic E-state index is 3.86. The Bertz CT molecular complexity index is 172. The van der Waals surface area contributed by atoms with E-state index in [2.05, 4.69) is 28.2 Å². The zero-order chi connectivity index (χ0) is 5.98. The van der Waals surface area contributed by atoms with Crippen LogP contribution in [0.5, 0.6) is 0 Å². The Balaban J connectivity index is 2.92. The lowest BCUT2D eigenvalue weighted by atomic mass is 10.7. The average Bonchev–Trinajstić information content (AvgIpc) is 2.14. The zero-order valence-corrected chi connectivity index (χ0v) is 5.21. The first kappa shape index (κ1) is 5.55. The number of nitrogens with zero attached hydrogens (tertiary/aromatic N) is 4. The van der Waals surface area contributed by atoms with Crippen LogP contribution >= 0.6 is 12.6 Å². The lowest BCUT2D eigenvalue weighted by Crippen LogP contribution is -1.94. The van der Waals surface area contributed by atoms with Crippen LogP contribution in [0.15, 0.2) is 0 Å². The molecule has 0 amide bonds. The van der Waals surface area contributed by atoms with Crippen molar-refractivity contribution in [1.82, 2.24) is 20.2 Å². The van der Waals surface area contributed by atoms with Crippen molar-refractivity contribution in [2.75, 3.05) is 0 Å². The van der Waals surface area contributed by atoms with Gasteiger partial charge in [-0.2, -0.15) is 12.6 Å². The highest BCUT2D eigenvalue weighted by atomic mass is 32.1. The molecule has 0 fully saturated rings. The minimum atomic E-state index is 0.660. The number of hydrogen-bond acceptors (Lipinski definition) is 4. The van der Waals surface area contributed by atoms with Crippen molar-refractivity contribution in [1.29, 1.82) is 0 Å². The molecule has 1 radical (unpaired) electrons. The molecule has 4 nitrogen and oxygen atoms in total. The third-order valence-corrected chi connectivity index (χ3v) is 0.999. The van der Waals surface area contributed by atoms with Crippen molar-refractivity contribution in [3.8, 4) is 0 Å². The van der Waals surface area contributed by atoms with Gasteiger partial charge in [0.2, 0.25) is 0 Å². The predicted molar refractivity (Wildman–Crippen MR) is 31.2 cm³/mol. The molecule has 43 valence electrons. The van der Waals surface area contributed by atoms with Crippen LogP contribution in [0.25, 0.3) is 0 Å². The quantitative estimate of drug-likeness (QED) is 0.527. The molecule has 8 heavy (non-hydrogen) atoms. The third kappa shape index (κ3) is 0.812. The van der Waals surface area contributed by atoms with E-state index in [1.807, 2.05) is 0 Å². The summed E-state index contributed by atoms with van der Waals surface area (Å²) in [6.45, 7) is 0. The van der Waals surface area contributed by atoms with E-state index in [4.69, 9.17) is 0 Å². The lowest BCUT2D eigenvalue weighted by Gasteiger charge is -1.86. The Labute approximate surface area is 52.3 Å². The molecular formula is C3H5N4S. The SMILES string of the molecule is Cn1nnnc1[CH]S. The summed E-state index contributed by atoms with van der Waals surface area (Å²) in [6, 6.07) is 0. The van der Waals surface area contributed by atoms with Crippen LogP contribution in [-0.2, 0) is 7.05 Å². The largest absolute Gasteiger partial charge is 0.232 e. The van der Waals surface area contributed by atoms with Crippen LogP contribution in [-0.4, -0.2) is 20.2 Å². The van der Waals surface area contributed by atoms with Gasteiger partial charge >= 0.3 is 0 Å². The second-order valence-corrected chi connectivity index (χ2v) is 1.55. The normalized spacial score (nSPS) is 9.75. The third-order valence-electron chi connectivity index (χ3n) is 0.768.